The smallest absolute Gasteiger partial charge is 0.303 e. The lowest BCUT2D eigenvalue weighted by Gasteiger charge is -2.11. The van der Waals surface area contributed by atoms with Gasteiger partial charge in [0.2, 0.25) is 5.91 Å². The van der Waals surface area contributed by atoms with Crippen molar-refractivity contribution < 1.29 is 14.7 Å². The minimum absolute atomic E-state index is 0.0610. The summed E-state index contributed by atoms with van der Waals surface area (Å²) in [6, 6.07) is 0. The summed E-state index contributed by atoms with van der Waals surface area (Å²) in [4.78, 5) is 26.5. The highest BCUT2D eigenvalue weighted by Crippen LogP contribution is 2.50. The van der Waals surface area contributed by atoms with E-state index in [0.717, 1.165) is 24.3 Å². The molecule has 1 fully saturated rings. The van der Waals surface area contributed by atoms with Crippen LogP contribution in [-0.4, -0.2) is 33.5 Å². The van der Waals surface area contributed by atoms with Crippen molar-refractivity contribution in [3.05, 3.63) is 11.1 Å². The minimum atomic E-state index is -0.749. The second-order valence-electron chi connectivity index (χ2n) is 4.91. The first-order valence-corrected chi connectivity index (χ1v) is 8.04. The van der Waals surface area contributed by atoms with Crippen LogP contribution in [0, 0.1) is 12.3 Å². The van der Waals surface area contributed by atoms with Crippen molar-refractivity contribution in [1.82, 2.24) is 4.98 Å². The van der Waals surface area contributed by atoms with Gasteiger partial charge in [-0.05, 0) is 30.9 Å². The Morgan fingerprint density at radius 3 is 2.84 bits per heavy atom. The lowest BCUT2D eigenvalue weighted by atomic mass is 10.1. The first kappa shape index (κ1) is 14.3. The molecule has 5 nitrogen and oxygen atoms in total. The SMILES string of the molecule is Cc1csc(NC(=O)CSCC2(CC(=O)O)CC2)n1. The maximum atomic E-state index is 11.7. The van der Waals surface area contributed by atoms with E-state index in [2.05, 4.69) is 10.3 Å². The molecule has 1 aliphatic rings. The fourth-order valence-corrected chi connectivity index (χ4v) is 3.68. The summed E-state index contributed by atoms with van der Waals surface area (Å²) in [6.07, 6.45) is 2.13. The largest absolute Gasteiger partial charge is 0.481 e. The second kappa shape index (κ2) is 5.92. The van der Waals surface area contributed by atoms with E-state index in [1.54, 1.807) is 0 Å². The van der Waals surface area contributed by atoms with E-state index in [9.17, 15) is 9.59 Å². The number of aliphatic carboxylic acids is 1. The molecule has 0 radical (unpaired) electrons. The number of carbonyl (C=O) groups is 2. The first-order chi connectivity index (χ1) is 8.99. The van der Waals surface area contributed by atoms with Crippen molar-refractivity contribution in [3.8, 4) is 0 Å². The highest BCUT2D eigenvalue weighted by Gasteiger charge is 2.44. The fourth-order valence-electron chi connectivity index (χ4n) is 1.80. The van der Waals surface area contributed by atoms with Crippen molar-refractivity contribution in [3.63, 3.8) is 0 Å². The number of thioether (sulfide) groups is 1. The van der Waals surface area contributed by atoms with Crippen molar-refractivity contribution in [2.75, 3.05) is 16.8 Å². The van der Waals surface area contributed by atoms with Crippen LogP contribution in [0.5, 0.6) is 0 Å². The van der Waals surface area contributed by atoms with Gasteiger partial charge in [-0.1, -0.05) is 0 Å². The molecule has 0 aromatic carbocycles. The molecule has 1 aliphatic carbocycles. The zero-order valence-corrected chi connectivity index (χ0v) is 12.3. The number of carboxylic acids is 1. The predicted molar refractivity (Wildman–Crippen MR) is 76.7 cm³/mol. The van der Waals surface area contributed by atoms with E-state index < -0.39 is 5.97 Å². The number of thiazole rings is 1. The van der Waals surface area contributed by atoms with Crippen molar-refractivity contribution in [2.45, 2.75) is 26.2 Å². The van der Waals surface area contributed by atoms with Crippen LogP contribution in [0.25, 0.3) is 0 Å². The molecule has 1 aromatic heterocycles. The monoisotopic (exact) mass is 300 g/mol. The Hall–Kier alpha value is -1.08. The van der Waals surface area contributed by atoms with Gasteiger partial charge in [0.15, 0.2) is 5.13 Å². The number of carbonyl (C=O) groups excluding carboxylic acids is 1. The number of hydrogen-bond donors (Lipinski definition) is 2. The van der Waals surface area contributed by atoms with Crippen molar-refractivity contribution >= 4 is 40.1 Å². The van der Waals surface area contributed by atoms with Crippen LogP contribution in [0.15, 0.2) is 5.38 Å². The van der Waals surface area contributed by atoms with Crippen LogP contribution in [0.4, 0.5) is 5.13 Å². The van der Waals surface area contributed by atoms with E-state index in [4.69, 9.17) is 5.11 Å². The number of amides is 1. The van der Waals surface area contributed by atoms with Crippen molar-refractivity contribution in [1.29, 1.82) is 0 Å². The molecule has 7 heteroatoms. The molecule has 19 heavy (non-hydrogen) atoms. The Labute approximate surface area is 119 Å². The number of aryl methyl sites for hydroxylation is 1. The molecule has 104 valence electrons. The topological polar surface area (TPSA) is 79.3 Å². The molecule has 0 bridgehead atoms. The summed E-state index contributed by atoms with van der Waals surface area (Å²) < 4.78 is 0. The Morgan fingerprint density at radius 2 is 2.32 bits per heavy atom. The molecule has 2 N–H and O–H groups in total. The van der Waals surface area contributed by atoms with Crippen LogP contribution < -0.4 is 5.32 Å². The van der Waals surface area contributed by atoms with Gasteiger partial charge in [0.25, 0.3) is 0 Å². The molecule has 0 spiro atoms. The number of anilines is 1. The van der Waals surface area contributed by atoms with Crippen LogP contribution in [0.1, 0.15) is 25.0 Å². The van der Waals surface area contributed by atoms with Gasteiger partial charge < -0.3 is 10.4 Å². The lowest BCUT2D eigenvalue weighted by Crippen LogP contribution is -2.17. The summed E-state index contributed by atoms with van der Waals surface area (Å²) in [5.74, 6) is 0.259. The van der Waals surface area contributed by atoms with E-state index in [-0.39, 0.29) is 17.7 Å². The molecule has 1 aromatic rings. The second-order valence-corrected chi connectivity index (χ2v) is 6.75. The van der Waals surface area contributed by atoms with Crippen LogP contribution in [-0.2, 0) is 9.59 Å². The Morgan fingerprint density at radius 1 is 1.58 bits per heavy atom. The van der Waals surface area contributed by atoms with E-state index in [1.165, 1.54) is 23.1 Å². The molecule has 1 amide bonds. The standard InChI is InChI=1S/C12H16N2O3S2/c1-8-5-19-11(13-8)14-9(15)6-18-7-12(2-3-12)4-10(16)17/h5H,2-4,6-7H2,1H3,(H,16,17)(H,13,14,15). The van der Waals surface area contributed by atoms with Gasteiger partial charge in [-0.3, -0.25) is 9.59 Å². The molecule has 1 saturated carbocycles. The molecular weight excluding hydrogens is 284 g/mol. The third-order valence-corrected chi connectivity index (χ3v) is 5.15. The highest BCUT2D eigenvalue weighted by molar-refractivity contribution is 8.00. The van der Waals surface area contributed by atoms with Crippen LogP contribution in [0.2, 0.25) is 0 Å². The predicted octanol–water partition coefficient (Wildman–Crippen LogP) is 2.38. The molecule has 0 saturated heterocycles. The number of carboxylic acid groups (broad SMARTS) is 1. The summed E-state index contributed by atoms with van der Waals surface area (Å²) in [5.41, 5.74) is 0.834. The molecular formula is C12H16N2O3S2. The number of nitrogens with zero attached hydrogens (tertiary/aromatic N) is 1. The number of aromatic nitrogens is 1. The Kier molecular flexibility index (Phi) is 4.46. The van der Waals surface area contributed by atoms with E-state index >= 15 is 0 Å². The minimum Gasteiger partial charge on any atom is -0.481 e. The van der Waals surface area contributed by atoms with Crippen LogP contribution >= 0.6 is 23.1 Å². The number of hydrogen-bond acceptors (Lipinski definition) is 5. The number of rotatable bonds is 7. The van der Waals surface area contributed by atoms with E-state index in [0.29, 0.717) is 10.9 Å². The third kappa shape index (κ3) is 4.50. The first-order valence-electron chi connectivity index (χ1n) is 6.01. The average molecular weight is 300 g/mol. The van der Waals surface area contributed by atoms with Gasteiger partial charge in [0, 0.05) is 5.38 Å². The lowest BCUT2D eigenvalue weighted by molar-refractivity contribution is -0.138. The normalized spacial score (nSPS) is 16.1. The Balaban J connectivity index is 1.68. The molecule has 0 unspecified atom stereocenters. The summed E-state index contributed by atoms with van der Waals surface area (Å²) >= 11 is 2.91. The molecule has 1 heterocycles. The van der Waals surface area contributed by atoms with Gasteiger partial charge in [-0.15, -0.1) is 11.3 Å². The zero-order valence-electron chi connectivity index (χ0n) is 10.6. The highest BCUT2D eigenvalue weighted by atomic mass is 32.2. The maximum absolute atomic E-state index is 11.7. The molecule has 0 aliphatic heterocycles. The molecule has 2 rings (SSSR count). The van der Waals surface area contributed by atoms with Crippen LogP contribution in [0.3, 0.4) is 0 Å². The molecule has 0 atom stereocenters. The summed E-state index contributed by atoms with van der Waals surface area (Å²) in [7, 11) is 0. The fraction of sp³-hybridized carbons (Fsp3) is 0.583. The zero-order chi connectivity index (χ0) is 13.9. The maximum Gasteiger partial charge on any atom is 0.303 e. The Bertz CT molecular complexity index is 483. The van der Waals surface area contributed by atoms with Gasteiger partial charge in [0.05, 0.1) is 17.9 Å². The van der Waals surface area contributed by atoms with Gasteiger partial charge in [-0.2, -0.15) is 11.8 Å². The quantitative estimate of drug-likeness (QED) is 0.808. The van der Waals surface area contributed by atoms with Gasteiger partial charge in [0.1, 0.15) is 0 Å². The number of nitrogens with one attached hydrogen (secondary N) is 1. The summed E-state index contributed by atoms with van der Waals surface area (Å²) in [6.45, 7) is 1.88. The van der Waals surface area contributed by atoms with Gasteiger partial charge in [-0.25, -0.2) is 4.98 Å². The third-order valence-electron chi connectivity index (χ3n) is 2.99. The van der Waals surface area contributed by atoms with Crippen molar-refractivity contribution in [2.24, 2.45) is 5.41 Å². The van der Waals surface area contributed by atoms with Gasteiger partial charge >= 0.3 is 5.97 Å². The average Bonchev–Trinajstić information content (AvgIpc) is 2.92. The van der Waals surface area contributed by atoms with E-state index in [1.807, 2.05) is 12.3 Å². The summed E-state index contributed by atoms with van der Waals surface area (Å²) in [5, 5.41) is 14.0.